The molecule has 1 heterocycles. The third kappa shape index (κ3) is 3.69. The van der Waals surface area contributed by atoms with Crippen molar-refractivity contribution >= 4 is 11.6 Å². The van der Waals surface area contributed by atoms with Gasteiger partial charge in [-0.05, 0) is 31.5 Å². The van der Waals surface area contributed by atoms with E-state index >= 15 is 0 Å². The quantitative estimate of drug-likeness (QED) is 0.908. The fraction of sp³-hybridized carbons (Fsp3) is 0.286. The van der Waals surface area contributed by atoms with Crippen LogP contribution in [0, 0.1) is 6.92 Å². The highest BCUT2D eigenvalue weighted by molar-refractivity contribution is 5.54. The van der Waals surface area contributed by atoms with Crippen LogP contribution in [0.25, 0.3) is 0 Å². The molecular weight excluding hydrogens is 283 g/mol. The zero-order chi connectivity index (χ0) is 15.6. The van der Waals surface area contributed by atoms with E-state index < -0.39 is 18.0 Å². The second-order valence-electron chi connectivity index (χ2n) is 4.67. The van der Waals surface area contributed by atoms with Crippen LogP contribution >= 0.6 is 0 Å². The Morgan fingerprint density at radius 3 is 2.57 bits per heavy atom. The van der Waals surface area contributed by atoms with Crippen LogP contribution in [0.1, 0.15) is 29.8 Å². The van der Waals surface area contributed by atoms with Crippen molar-refractivity contribution in [3.8, 4) is 0 Å². The molecule has 7 heteroatoms. The number of rotatable bonds is 3. The monoisotopic (exact) mass is 297 g/mol. The van der Waals surface area contributed by atoms with E-state index in [1.54, 1.807) is 18.2 Å². The molecule has 1 aromatic carbocycles. The molecule has 4 nitrogen and oxygen atoms in total. The SMILES string of the molecule is Cc1cccc(Nc2ncc(C(C)O)c(C(F)(F)F)n2)c1. The van der Waals surface area contributed by atoms with Gasteiger partial charge in [0.25, 0.3) is 0 Å². The second kappa shape index (κ2) is 5.69. The van der Waals surface area contributed by atoms with Crippen molar-refractivity contribution in [2.75, 3.05) is 5.32 Å². The summed E-state index contributed by atoms with van der Waals surface area (Å²) in [5.74, 6) is -0.169. The molecule has 1 unspecified atom stereocenters. The fourth-order valence-electron chi connectivity index (χ4n) is 1.84. The summed E-state index contributed by atoms with van der Waals surface area (Å²) < 4.78 is 38.9. The summed E-state index contributed by atoms with van der Waals surface area (Å²) in [6.45, 7) is 3.10. The summed E-state index contributed by atoms with van der Waals surface area (Å²) in [6, 6.07) is 7.10. The van der Waals surface area contributed by atoms with Gasteiger partial charge >= 0.3 is 6.18 Å². The van der Waals surface area contributed by atoms with E-state index in [4.69, 9.17) is 0 Å². The number of hydrogen-bond donors (Lipinski definition) is 2. The predicted molar refractivity (Wildman–Crippen MR) is 72.1 cm³/mol. The number of alkyl halides is 3. The number of benzene rings is 1. The van der Waals surface area contributed by atoms with E-state index in [0.29, 0.717) is 5.69 Å². The molecule has 0 aliphatic carbocycles. The first-order chi connectivity index (χ1) is 9.77. The Kier molecular flexibility index (Phi) is 4.13. The van der Waals surface area contributed by atoms with Crippen molar-refractivity contribution in [3.63, 3.8) is 0 Å². The van der Waals surface area contributed by atoms with Crippen LogP contribution < -0.4 is 5.32 Å². The largest absolute Gasteiger partial charge is 0.433 e. The number of anilines is 2. The van der Waals surface area contributed by atoms with Crippen molar-refractivity contribution < 1.29 is 18.3 Å². The van der Waals surface area contributed by atoms with Crippen molar-refractivity contribution in [2.24, 2.45) is 0 Å². The number of nitrogens with zero attached hydrogens (tertiary/aromatic N) is 2. The Labute approximate surface area is 119 Å². The molecule has 2 rings (SSSR count). The van der Waals surface area contributed by atoms with Crippen LogP contribution in [-0.4, -0.2) is 15.1 Å². The molecule has 2 N–H and O–H groups in total. The normalized spacial score (nSPS) is 13.0. The van der Waals surface area contributed by atoms with Crippen LogP contribution in [0.4, 0.5) is 24.8 Å². The molecule has 112 valence electrons. The zero-order valence-electron chi connectivity index (χ0n) is 11.4. The average molecular weight is 297 g/mol. The lowest BCUT2D eigenvalue weighted by molar-refractivity contribution is -0.142. The van der Waals surface area contributed by atoms with E-state index in [9.17, 15) is 18.3 Å². The highest BCUT2D eigenvalue weighted by atomic mass is 19.4. The summed E-state index contributed by atoms with van der Waals surface area (Å²) in [5.41, 5.74) is 0.0597. The van der Waals surface area contributed by atoms with Gasteiger partial charge < -0.3 is 10.4 Å². The maximum atomic E-state index is 13.0. The van der Waals surface area contributed by atoms with E-state index in [1.807, 2.05) is 13.0 Å². The van der Waals surface area contributed by atoms with Crippen LogP contribution in [0.3, 0.4) is 0 Å². The average Bonchev–Trinajstić information content (AvgIpc) is 2.37. The Morgan fingerprint density at radius 1 is 1.29 bits per heavy atom. The highest BCUT2D eigenvalue weighted by Crippen LogP contribution is 2.33. The molecule has 2 aromatic rings. The van der Waals surface area contributed by atoms with Crippen LogP contribution in [0.2, 0.25) is 0 Å². The number of hydrogen-bond acceptors (Lipinski definition) is 4. The lowest BCUT2D eigenvalue weighted by atomic mass is 10.1. The zero-order valence-corrected chi connectivity index (χ0v) is 11.4. The molecule has 0 amide bonds. The Hall–Kier alpha value is -2.15. The number of halogens is 3. The third-order valence-corrected chi connectivity index (χ3v) is 2.81. The van der Waals surface area contributed by atoms with Gasteiger partial charge in [-0.3, -0.25) is 0 Å². The summed E-state index contributed by atoms with van der Waals surface area (Å²) in [6.07, 6.45) is -4.97. The van der Waals surface area contributed by atoms with Crippen LogP contribution in [0.15, 0.2) is 30.5 Å². The minimum absolute atomic E-state index is 0.169. The molecule has 0 bridgehead atoms. The molecule has 1 aromatic heterocycles. The number of aryl methyl sites for hydroxylation is 1. The molecule has 0 saturated carbocycles. The number of nitrogens with one attached hydrogen (secondary N) is 1. The number of aliphatic hydroxyl groups excluding tert-OH is 1. The lowest BCUT2D eigenvalue weighted by Gasteiger charge is -2.15. The van der Waals surface area contributed by atoms with Crippen molar-refractivity contribution in [2.45, 2.75) is 26.1 Å². The maximum Gasteiger partial charge on any atom is 0.433 e. The van der Waals surface area contributed by atoms with Crippen molar-refractivity contribution in [1.82, 2.24) is 9.97 Å². The van der Waals surface area contributed by atoms with E-state index in [0.717, 1.165) is 11.8 Å². The minimum Gasteiger partial charge on any atom is -0.389 e. The summed E-state index contributed by atoms with van der Waals surface area (Å²) in [7, 11) is 0. The Balaban J connectivity index is 2.38. The third-order valence-electron chi connectivity index (χ3n) is 2.81. The van der Waals surface area contributed by atoms with Crippen LogP contribution in [-0.2, 0) is 6.18 Å². The molecule has 1 atom stereocenters. The van der Waals surface area contributed by atoms with Gasteiger partial charge in [0.15, 0.2) is 5.69 Å². The van der Waals surface area contributed by atoms with Gasteiger partial charge in [0.1, 0.15) is 0 Å². The molecule has 0 aliphatic rings. The van der Waals surface area contributed by atoms with E-state index in [1.165, 1.54) is 6.92 Å². The van der Waals surface area contributed by atoms with Crippen LogP contribution in [0.5, 0.6) is 0 Å². The summed E-state index contributed by atoms with van der Waals surface area (Å²) in [4.78, 5) is 7.30. The summed E-state index contributed by atoms with van der Waals surface area (Å²) >= 11 is 0. The van der Waals surface area contributed by atoms with E-state index in [-0.39, 0.29) is 11.5 Å². The van der Waals surface area contributed by atoms with E-state index in [2.05, 4.69) is 15.3 Å². The first-order valence-corrected chi connectivity index (χ1v) is 6.23. The smallest absolute Gasteiger partial charge is 0.389 e. The van der Waals surface area contributed by atoms with Gasteiger partial charge in [-0.1, -0.05) is 12.1 Å². The first-order valence-electron chi connectivity index (χ1n) is 6.23. The Morgan fingerprint density at radius 2 is 2.00 bits per heavy atom. The number of aliphatic hydroxyl groups is 1. The fourth-order valence-corrected chi connectivity index (χ4v) is 1.84. The number of aromatic nitrogens is 2. The minimum atomic E-state index is -4.65. The molecule has 21 heavy (non-hydrogen) atoms. The summed E-state index contributed by atoms with van der Waals surface area (Å²) in [5, 5.41) is 12.1. The maximum absolute atomic E-state index is 13.0. The van der Waals surface area contributed by atoms with Crippen molar-refractivity contribution in [1.29, 1.82) is 0 Å². The highest BCUT2D eigenvalue weighted by Gasteiger charge is 2.37. The topological polar surface area (TPSA) is 58.0 Å². The molecular formula is C14H14F3N3O. The first kappa shape index (κ1) is 15.2. The van der Waals surface area contributed by atoms with Gasteiger partial charge in [-0.25, -0.2) is 9.97 Å². The molecule has 0 fully saturated rings. The Bertz CT molecular complexity index is 642. The van der Waals surface area contributed by atoms with Gasteiger partial charge in [0.05, 0.1) is 6.10 Å². The molecule has 0 aliphatic heterocycles. The molecule has 0 saturated heterocycles. The van der Waals surface area contributed by atoms with Crippen molar-refractivity contribution in [3.05, 3.63) is 47.3 Å². The predicted octanol–water partition coefficient (Wildman–Crippen LogP) is 3.60. The van der Waals surface area contributed by atoms with Gasteiger partial charge in [0.2, 0.25) is 5.95 Å². The molecule has 0 spiro atoms. The lowest BCUT2D eigenvalue weighted by Crippen LogP contribution is -2.15. The van der Waals surface area contributed by atoms with Gasteiger partial charge in [-0.15, -0.1) is 0 Å². The molecule has 0 radical (unpaired) electrons. The standard InChI is InChI=1S/C14H14F3N3O/c1-8-4-3-5-10(6-8)19-13-18-7-11(9(2)21)12(20-13)14(15,16)17/h3-7,9,21H,1-2H3,(H,18,19,20). The van der Waals surface area contributed by atoms with Gasteiger partial charge in [0, 0.05) is 17.4 Å². The van der Waals surface area contributed by atoms with Gasteiger partial charge in [-0.2, -0.15) is 13.2 Å². The second-order valence-corrected chi connectivity index (χ2v) is 4.67.